The molecule has 2 rings (SSSR count). The molecule has 0 saturated carbocycles. The molecule has 2 unspecified atom stereocenters. The van der Waals surface area contributed by atoms with E-state index in [0.29, 0.717) is 6.54 Å². The monoisotopic (exact) mass is 236 g/mol. The van der Waals surface area contributed by atoms with E-state index in [2.05, 4.69) is 18.8 Å². The Hall–Kier alpha value is -1.13. The van der Waals surface area contributed by atoms with Crippen molar-refractivity contribution in [2.24, 2.45) is 5.73 Å². The fourth-order valence-corrected chi connectivity index (χ4v) is 2.30. The number of nitrogens with two attached hydrogens (primary N) is 1. The molecule has 1 saturated heterocycles. The van der Waals surface area contributed by atoms with Gasteiger partial charge in [0.25, 0.3) is 0 Å². The van der Waals surface area contributed by atoms with Gasteiger partial charge in [-0.25, -0.2) is 0 Å². The minimum atomic E-state index is 0.210. The van der Waals surface area contributed by atoms with Gasteiger partial charge >= 0.3 is 0 Å². The summed E-state index contributed by atoms with van der Waals surface area (Å²) in [7, 11) is 0. The van der Waals surface area contributed by atoms with Gasteiger partial charge in [0.05, 0.1) is 12.2 Å². The normalized spacial score (nSPS) is 29.0. The lowest BCUT2D eigenvalue weighted by Crippen LogP contribution is -2.35. The molecule has 0 spiro atoms. The smallest absolute Gasteiger partial charge is 0.127 e. The van der Waals surface area contributed by atoms with Crippen LogP contribution in [0.5, 0.6) is 5.75 Å². The summed E-state index contributed by atoms with van der Waals surface area (Å²) in [6.07, 6.45) is 6.08. The molecule has 0 radical (unpaired) electrons. The summed E-state index contributed by atoms with van der Waals surface area (Å²) in [5.41, 5.74) is 6.62. The average molecular weight is 236 g/mol. The van der Waals surface area contributed by atoms with Crippen LogP contribution in [0.3, 0.4) is 0 Å². The molecule has 4 heteroatoms. The van der Waals surface area contributed by atoms with Crippen molar-refractivity contribution >= 4 is 0 Å². The summed E-state index contributed by atoms with van der Waals surface area (Å²) >= 11 is 0. The maximum Gasteiger partial charge on any atom is 0.127 e. The minimum absolute atomic E-state index is 0.210. The van der Waals surface area contributed by atoms with Crippen molar-refractivity contribution in [1.29, 1.82) is 0 Å². The van der Waals surface area contributed by atoms with E-state index >= 15 is 0 Å². The van der Waals surface area contributed by atoms with Crippen LogP contribution in [0, 0.1) is 0 Å². The van der Waals surface area contributed by atoms with E-state index in [-0.39, 0.29) is 18.3 Å². The molecule has 1 aromatic rings. The summed E-state index contributed by atoms with van der Waals surface area (Å²) in [6.45, 7) is 4.63. The van der Waals surface area contributed by atoms with E-state index in [1.807, 2.05) is 6.07 Å². The number of aromatic nitrogens is 1. The molecular weight excluding hydrogens is 216 g/mol. The molecule has 1 aliphatic heterocycles. The van der Waals surface area contributed by atoms with Crippen LogP contribution in [-0.4, -0.2) is 23.3 Å². The molecule has 0 aliphatic carbocycles. The molecule has 0 bridgehead atoms. The van der Waals surface area contributed by atoms with Gasteiger partial charge < -0.3 is 15.2 Å². The highest BCUT2D eigenvalue weighted by atomic mass is 16.5. The van der Waals surface area contributed by atoms with Crippen LogP contribution >= 0.6 is 0 Å². The lowest BCUT2D eigenvalue weighted by atomic mass is 10.0. The fraction of sp³-hybridized carbons (Fsp3) is 0.615. The average Bonchev–Trinajstić information content (AvgIpc) is 2.28. The SMILES string of the molecule is CC1CC(Oc2ccncc2CN)CC(C)O1. The van der Waals surface area contributed by atoms with Crippen molar-refractivity contribution in [1.82, 2.24) is 4.98 Å². The van der Waals surface area contributed by atoms with Crippen molar-refractivity contribution in [3.8, 4) is 5.75 Å². The Morgan fingerprint density at radius 3 is 2.76 bits per heavy atom. The maximum atomic E-state index is 6.02. The molecule has 94 valence electrons. The first-order chi connectivity index (χ1) is 8.19. The van der Waals surface area contributed by atoms with Crippen LogP contribution in [0.2, 0.25) is 0 Å². The van der Waals surface area contributed by atoms with Crippen molar-refractivity contribution in [3.63, 3.8) is 0 Å². The van der Waals surface area contributed by atoms with Gasteiger partial charge in [0, 0.05) is 37.3 Å². The number of hydrogen-bond acceptors (Lipinski definition) is 4. The lowest BCUT2D eigenvalue weighted by Gasteiger charge is -2.32. The van der Waals surface area contributed by atoms with Crippen LogP contribution < -0.4 is 10.5 Å². The summed E-state index contributed by atoms with van der Waals surface area (Å²) < 4.78 is 11.7. The molecule has 0 aromatic carbocycles. The Bertz CT molecular complexity index is 360. The first kappa shape index (κ1) is 12.3. The zero-order valence-corrected chi connectivity index (χ0v) is 10.4. The molecule has 2 heterocycles. The number of hydrogen-bond donors (Lipinski definition) is 1. The van der Waals surface area contributed by atoms with Crippen molar-refractivity contribution in [3.05, 3.63) is 24.0 Å². The van der Waals surface area contributed by atoms with Crippen LogP contribution in [0.4, 0.5) is 0 Å². The fourth-order valence-electron chi connectivity index (χ4n) is 2.30. The second-order valence-corrected chi connectivity index (χ2v) is 4.66. The largest absolute Gasteiger partial charge is 0.490 e. The second kappa shape index (κ2) is 5.47. The molecule has 2 atom stereocenters. The summed E-state index contributed by atoms with van der Waals surface area (Å²) in [5.74, 6) is 0.855. The van der Waals surface area contributed by atoms with Gasteiger partial charge in [-0.15, -0.1) is 0 Å². The van der Waals surface area contributed by atoms with E-state index in [1.165, 1.54) is 0 Å². The summed E-state index contributed by atoms with van der Waals surface area (Å²) in [4.78, 5) is 4.05. The topological polar surface area (TPSA) is 57.4 Å². The lowest BCUT2D eigenvalue weighted by molar-refractivity contribution is -0.0723. The van der Waals surface area contributed by atoms with Crippen molar-refractivity contribution < 1.29 is 9.47 Å². The van der Waals surface area contributed by atoms with Gasteiger partial charge in [0.1, 0.15) is 11.9 Å². The third kappa shape index (κ3) is 3.17. The zero-order valence-electron chi connectivity index (χ0n) is 10.4. The van der Waals surface area contributed by atoms with E-state index in [9.17, 15) is 0 Å². The van der Waals surface area contributed by atoms with E-state index < -0.39 is 0 Å². The maximum absolute atomic E-state index is 6.02. The highest BCUT2D eigenvalue weighted by Crippen LogP contribution is 2.25. The van der Waals surface area contributed by atoms with Gasteiger partial charge in [-0.2, -0.15) is 0 Å². The predicted octanol–water partition coefficient (Wildman–Crippen LogP) is 1.88. The Morgan fingerprint density at radius 1 is 1.41 bits per heavy atom. The highest BCUT2D eigenvalue weighted by Gasteiger charge is 2.26. The molecule has 2 N–H and O–H groups in total. The van der Waals surface area contributed by atoms with Crippen molar-refractivity contribution in [2.45, 2.75) is 51.5 Å². The standard InChI is InChI=1S/C13H20N2O2/c1-9-5-12(6-10(2)16-9)17-13-3-4-15-8-11(13)7-14/h3-4,8-10,12H,5-7,14H2,1-2H3. The number of nitrogens with zero attached hydrogens (tertiary/aromatic N) is 1. The van der Waals surface area contributed by atoms with Crippen LogP contribution in [-0.2, 0) is 11.3 Å². The Balaban J connectivity index is 2.04. The number of pyridine rings is 1. The highest BCUT2D eigenvalue weighted by molar-refractivity contribution is 5.30. The van der Waals surface area contributed by atoms with Gasteiger partial charge in [-0.05, 0) is 19.9 Å². The van der Waals surface area contributed by atoms with E-state index in [0.717, 1.165) is 24.2 Å². The van der Waals surface area contributed by atoms with Crippen LogP contribution in [0.15, 0.2) is 18.5 Å². The van der Waals surface area contributed by atoms with Crippen molar-refractivity contribution in [2.75, 3.05) is 0 Å². The summed E-state index contributed by atoms with van der Waals surface area (Å²) in [6, 6.07) is 1.88. The molecule has 0 amide bonds. The van der Waals surface area contributed by atoms with Gasteiger partial charge in [0.2, 0.25) is 0 Å². The quantitative estimate of drug-likeness (QED) is 0.870. The first-order valence-corrected chi connectivity index (χ1v) is 6.14. The molecule has 1 fully saturated rings. The number of rotatable bonds is 3. The molecule has 17 heavy (non-hydrogen) atoms. The molecule has 4 nitrogen and oxygen atoms in total. The third-order valence-corrected chi connectivity index (χ3v) is 3.03. The van der Waals surface area contributed by atoms with Crippen LogP contribution in [0.25, 0.3) is 0 Å². The molecular formula is C13H20N2O2. The Morgan fingerprint density at radius 2 is 2.12 bits per heavy atom. The second-order valence-electron chi connectivity index (χ2n) is 4.66. The van der Waals surface area contributed by atoms with Gasteiger partial charge in [-0.3, -0.25) is 4.98 Å². The summed E-state index contributed by atoms with van der Waals surface area (Å²) in [5, 5.41) is 0. The Kier molecular flexibility index (Phi) is 3.97. The zero-order chi connectivity index (χ0) is 12.3. The first-order valence-electron chi connectivity index (χ1n) is 6.14. The third-order valence-electron chi connectivity index (χ3n) is 3.03. The predicted molar refractivity (Wildman–Crippen MR) is 65.8 cm³/mol. The molecule has 1 aromatic heterocycles. The van der Waals surface area contributed by atoms with E-state index in [1.54, 1.807) is 12.4 Å². The van der Waals surface area contributed by atoms with Gasteiger partial charge in [-0.1, -0.05) is 0 Å². The Labute approximate surface area is 102 Å². The van der Waals surface area contributed by atoms with E-state index in [4.69, 9.17) is 15.2 Å². The minimum Gasteiger partial charge on any atom is -0.490 e. The number of ether oxygens (including phenoxy) is 2. The van der Waals surface area contributed by atoms with Gasteiger partial charge in [0.15, 0.2) is 0 Å². The van der Waals surface area contributed by atoms with Crippen LogP contribution in [0.1, 0.15) is 32.3 Å². The molecule has 1 aliphatic rings.